The molecule has 4 rings (SSSR count). The molecular formula is C20H17N7O2. The van der Waals surface area contributed by atoms with E-state index in [1.54, 1.807) is 43.0 Å². The van der Waals surface area contributed by atoms with Crippen LogP contribution in [0.25, 0.3) is 16.8 Å². The molecule has 0 atom stereocenters. The molecule has 0 unspecified atom stereocenters. The molecule has 144 valence electrons. The van der Waals surface area contributed by atoms with E-state index in [-0.39, 0.29) is 11.7 Å². The van der Waals surface area contributed by atoms with Crippen LogP contribution >= 0.6 is 0 Å². The quantitative estimate of drug-likeness (QED) is 0.709. The molecule has 9 nitrogen and oxygen atoms in total. The Balaban J connectivity index is 1.91. The number of benzene rings is 1. The fourth-order valence-electron chi connectivity index (χ4n) is 3.48. The van der Waals surface area contributed by atoms with E-state index < -0.39 is 5.60 Å². The maximum Gasteiger partial charge on any atom is 0.258 e. The minimum Gasteiger partial charge on any atom is -0.382 e. The van der Waals surface area contributed by atoms with Crippen molar-refractivity contribution in [1.82, 2.24) is 14.6 Å². The zero-order chi connectivity index (χ0) is 20.8. The maximum atomic E-state index is 12.9. The number of hydrogen-bond donors (Lipinski definition) is 1. The molecule has 1 saturated heterocycles. The van der Waals surface area contributed by atoms with Crippen LogP contribution in [0.4, 0.5) is 11.5 Å². The zero-order valence-electron chi connectivity index (χ0n) is 15.9. The van der Waals surface area contributed by atoms with Crippen molar-refractivity contribution in [2.24, 2.45) is 0 Å². The van der Waals surface area contributed by atoms with Gasteiger partial charge in [0.1, 0.15) is 29.6 Å². The number of nitriles is 2. The van der Waals surface area contributed by atoms with Crippen LogP contribution in [0.2, 0.25) is 0 Å². The second-order valence-corrected chi connectivity index (χ2v) is 7.12. The molecule has 3 heterocycles. The number of aromatic nitrogens is 3. The third kappa shape index (κ3) is 2.85. The number of morpholine rings is 1. The van der Waals surface area contributed by atoms with Gasteiger partial charge >= 0.3 is 0 Å². The number of carbonyl (C=O) groups is 1. The van der Waals surface area contributed by atoms with E-state index in [4.69, 9.17) is 10.5 Å². The zero-order valence-corrected chi connectivity index (χ0v) is 15.9. The van der Waals surface area contributed by atoms with Crippen LogP contribution < -0.4 is 10.6 Å². The number of nitrogen functional groups attached to an aromatic ring is 1. The Hall–Kier alpha value is -3.95. The van der Waals surface area contributed by atoms with E-state index in [1.165, 1.54) is 10.8 Å². The highest BCUT2D eigenvalue weighted by Crippen LogP contribution is 2.33. The highest BCUT2D eigenvalue weighted by atomic mass is 16.5. The van der Waals surface area contributed by atoms with E-state index >= 15 is 0 Å². The monoisotopic (exact) mass is 387 g/mol. The number of nitrogens with two attached hydrogens (primary N) is 1. The van der Waals surface area contributed by atoms with Crippen molar-refractivity contribution in [3.63, 3.8) is 0 Å². The van der Waals surface area contributed by atoms with Crippen LogP contribution in [-0.2, 0) is 9.53 Å². The fraction of sp³-hybridized carbons (Fsp3) is 0.250. The fourth-order valence-corrected chi connectivity index (χ4v) is 3.48. The normalized spacial score (nSPS) is 15.9. The van der Waals surface area contributed by atoms with Crippen molar-refractivity contribution < 1.29 is 9.53 Å². The van der Waals surface area contributed by atoms with Gasteiger partial charge in [-0.2, -0.15) is 15.6 Å². The third-order valence-corrected chi connectivity index (χ3v) is 4.95. The lowest BCUT2D eigenvalue weighted by atomic mass is 10.0. The smallest absolute Gasteiger partial charge is 0.258 e. The number of fused-ring (bicyclic) bond motifs is 1. The molecule has 1 amide bonds. The SMILES string of the molecule is CC1(C)OCCN(c2cc(-c3cc(C#N)c4c(N)ncnn34)ccc2C#N)C1=O. The lowest BCUT2D eigenvalue weighted by molar-refractivity contribution is -0.144. The van der Waals surface area contributed by atoms with E-state index in [0.29, 0.717) is 46.7 Å². The van der Waals surface area contributed by atoms with E-state index in [1.807, 2.05) is 0 Å². The number of hydrogen-bond acceptors (Lipinski definition) is 7. The van der Waals surface area contributed by atoms with Crippen molar-refractivity contribution in [3.8, 4) is 23.4 Å². The molecule has 1 fully saturated rings. The average molecular weight is 387 g/mol. The summed E-state index contributed by atoms with van der Waals surface area (Å²) in [5.74, 6) is -0.0246. The van der Waals surface area contributed by atoms with Gasteiger partial charge in [0.05, 0.1) is 29.1 Å². The summed E-state index contributed by atoms with van der Waals surface area (Å²) in [5, 5.41) is 23.3. The number of carbonyl (C=O) groups excluding carboxylic acids is 1. The topological polar surface area (TPSA) is 133 Å². The molecule has 1 aliphatic heterocycles. The van der Waals surface area contributed by atoms with Crippen molar-refractivity contribution >= 4 is 22.9 Å². The van der Waals surface area contributed by atoms with Gasteiger partial charge in [0.2, 0.25) is 0 Å². The molecule has 1 aliphatic rings. The summed E-state index contributed by atoms with van der Waals surface area (Å²) in [6.07, 6.45) is 1.31. The van der Waals surface area contributed by atoms with Crippen LogP contribution in [0.1, 0.15) is 25.0 Å². The van der Waals surface area contributed by atoms with E-state index in [0.717, 1.165) is 0 Å². The molecule has 0 aliphatic carbocycles. The third-order valence-electron chi connectivity index (χ3n) is 4.95. The number of nitrogens with zero attached hydrogens (tertiary/aromatic N) is 6. The second kappa shape index (κ2) is 6.59. The molecule has 2 N–H and O–H groups in total. The minimum atomic E-state index is -0.974. The van der Waals surface area contributed by atoms with Gasteiger partial charge in [0, 0.05) is 12.1 Å². The van der Waals surface area contributed by atoms with Crippen LogP contribution in [0, 0.1) is 22.7 Å². The summed E-state index contributed by atoms with van der Waals surface area (Å²) in [7, 11) is 0. The van der Waals surface area contributed by atoms with Gasteiger partial charge in [0.15, 0.2) is 5.82 Å². The van der Waals surface area contributed by atoms with E-state index in [9.17, 15) is 15.3 Å². The molecule has 0 bridgehead atoms. The van der Waals surface area contributed by atoms with Crippen LogP contribution in [-0.4, -0.2) is 39.3 Å². The second-order valence-electron chi connectivity index (χ2n) is 7.12. The molecule has 3 aromatic rings. The van der Waals surface area contributed by atoms with E-state index in [2.05, 4.69) is 22.2 Å². The Morgan fingerprint density at radius 1 is 1.21 bits per heavy atom. The van der Waals surface area contributed by atoms with Crippen LogP contribution in [0.15, 0.2) is 30.6 Å². The number of amides is 1. The average Bonchev–Trinajstić information content (AvgIpc) is 3.10. The first-order chi connectivity index (χ1) is 13.9. The first-order valence-corrected chi connectivity index (χ1v) is 8.90. The van der Waals surface area contributed by atoms with Gasteiger partial charge < -0.3 is 15.4 Å². The van der Waals surface area contributed by atoms with Gasteiger partial charge in [-0.1, -0.05) is 6.07 Å². The number of ether oxygens (including phenoxy) is 1. The van der Waals surface area contributed by atoms with Crippen molar-refractivity contribution in [1.29, 1.82) is 10.5 Å². The summed E-state index contributed by atoms with van der Waals surface area (Å²) < 4.78 is 7.10. The van der Waals surface area contributed by atoms with Gasteiger partial charge in [-0.3, -0.25) is 4.79 Å². The first-order valence-electron chi connectivity index (χ1n) is 8.90. The van der Waals surface area contributed by atoms with Crippen molar-refractivity contribution in [2.75, 3.05) is 23.8 Å². The number of rotatable bonds is 2. The Kier molecular flexibility index (Phi) is 4.18. The van der Waals surface area contributed by atoms with Gasteiger partial charge in [-0.05, 0) is 32.0 Å². The molecular weight excluding hydrogens is 370 g/mol. The van der Waals surface area contributed by atoms with Crippen LogP contribution in [0.3, 0.4) is 0 Å². The maximum absolute atomic E-state index is 12.9. The van der Waals surface area contributed by atoms with Crippen molar-refractivity contribution in [3.05, 3.63) is 41.7 Å². The standard InChI is InChI=1S/C20H17N7O2/c1-20(2)19(28)26(5-6-29-20)15-7-12(3-4-13(15)9-21)16-8-14(10-22)17-18(23)24-11-25-27(16)17/h3-4,7-8,11H,5-6H2,1-2H3,(H2,23,24,25). The molecule has 1 aromatic carbocycles. The number of anilines is 2. The Bertz CT molecular complexity index is 1230. The van der Waals surface area contributed by atoms with Crippen molar-refractivity contribution in [2.45, 2.75) is 19.4 Å². The molecule has 9 heteroatoms. The molecule has 0 radical (unpaired) electrons. The van der Waals surface area contributed by atoms with Gasteiger partial charge in [0.25, 0.3) is 5.91 Å². The molecule has 29 heavy (non-hydrogen) atoms. The Morgan fingerprint density at radius 3 is 2.69 bits per heavy atom. The lowest BCUT2D eigenvalue weighted by Gasteiger charge is -2.37. The Morgan fingerprint density at radius 2 is 1.97 bits per heavy atom. The van der Waals surface area contributed by atoms with Gasteiger partial charge in [-0.15, -0.1) is 0 Å². The molecule has 0 spiro atoms. The first kappa shape index (κ1) is 18.4. The highest BCUT2D eigenvalue weighted by molar-refractivity contribution is 6.01. The van der Waals surface area contributed by atoms with Crippen LogP contribution in [0.5, 0.6) is 0 Å². The lowest BCUT2D eigenvalue weighted by Crippen LogP contribution is -2.53. The largest absolute Gasteiger partial charge is 0.382 e. The summed E-state index contributed by atoms with van der Waals surface area (Å²) in [6.45, 7) is 4.12. The Labute approximate surface area is 166 Å². The predicted molar refractivity (Wildman–Crippen MR) is 105 cm³/mol. The predicted octanol–water partition coefficient (Wildman–Crippen LogP) is 1.86. The minimum absolute atomic E-state index is 0.196. The summed E-state index contributed by atoms with van der Waals surface area (Å²) in [4.78, 5) is 18.4. The summed E-state index contributed by atoms with van der Waals surface area (Å²) in [5.41, 5.74) is 7.87. The highest BCUT2D eigenvalue weighted by Gasteiger charge is 2.38. The molecule has 2 aromatic heterocycles. The summed E-state index contributed by atoms with van der Waals surface area (Å²) in [6, 6.07) is 11.1. The summed E-state index contributed by atoms with van der Waals surface area (Å²) >= 11 is 0. The van der Waals surface area contributed by atoms with Gasteiger partial charge in [-0.25, -0.2) is 9.50 Å². The molecule has 0 saturated carbocycles.